The zero-order valence-electron chi connectivity index (χ0n) is 14.7. The number of carbonyl (C=O) groups is 1. The second-order valence-electron chi connectivity index (χ2n) is 6.06. The Kier molecular flexibility index (Phi) is 4.37. The van der Waals surface area contributed by atoms with Crippen LogP contribution in [0.3, 0.4) is 0 Å². The number of pyridine rings is 1. The second kappa shape index (κ2) is 6.99. The Morgan fingerprint density at radius 1 is 1.15 bits per heavy atom. The Morgan fingerprint density at radius 2 is 1.96 bits per heavy atom. The van der Waals surface area contributed by atoms with Crippen molar-refractivity contribution >= 4 is 22.6 Å². The van der Waals surface area contributed by atoms with Gasteiger partial charge in [-0.15, -0.1) is 0 Å². The largest absolute Gasteiger partial charge is 0.462 e. The highest BCUT2D eigenvalue weighted by atomic mass is 16.5. The lowest BCUT2D eigenvalue weighted by Gasteiger charge is -2.09. The number of unbranched alkanes of at least 4 members (excludes halogenated alkanes) is 1. The van der Waals surface area contributed by atoms with Crippen molar-refractivity contribution in [1.29, 1.82) is 0 Å². The van der Waals surface area contributed by atoms with Crippen molar-refractivity contribution in [1.82, 2.24) is 24.1 Å². The monoisotopic (exact) mass is 363 g/mol. The number of hydrogen-bond donors (Lipinski definition) is 0. The van der Waals surface area contributed by atoms with Crippen molar-refractivity contribution in [3.63, 3.8) is 0 Å². The van der Waals surface area contributed by atoms with Crippen molar-refractivity contribution in [3.05, 3.63) is 65.0 Å². The number of rotatable bonds is 5. The first-order chi connectivity index (χ1) is 13.2. The average molecular weight is 363 g/mol. The molecule has 0 bridgehead atoms. The molecular weight excluding hydrogens is 346 g/mol. The van der Waals surface area contributed by atoms with E-state index in [1.54, 1.807) is 36.5 Å². The highest BCUT2D eigenvalue weighted by molar-refractivity contribution is 5.89. The van der Waals surface area contributed by atoms with Gasteiger partial charge >= 0.3 is 5.97 Å². The molecule has 0 atom stereocenters. The van der Waals surface area contributed by atoms with Crippen molar-refractivity contribution in [3.8, 4) is 5.69 Å². The van der Waals surface area contributed by atoms with E-state index in [0.29, 0.717) is 34.5 Å². The Morgan fingerprint density at radius 3 is 2.74 bits per heavy atom. The molecule has 1 aromatic carbocycles. The summed E-state index contributed by atoms with van der Waals surface area (Å²) in [5.41, 5.74) is 1.51. The van der Waals surface area contributed by atoms with E-state index in [2.05, 4.69) is 15.1 Å². The van der Waals surface area contributed by atoms with Crippen LogP contribution in [-0.2, 0) is 4.74 Å². The van der Waals surface area contributed by atoms with Gasteiger partial charge in [-0.05, 0) is 36.8 Å². The van der Waals surface area contributed by atoms with Crippen LogP contribution in [0.4, 0.5) is 0 Å². The fourth-order valence-electron chi connectivity index (χ4n) is 2.82. The van der Waals surface area contributed by atoms with Crippen molar-refractivity contribution < 1.29 is 9.53 Å². The Hall–Kier alpha value is -3.55. The first-order valence-electron chi connectivity index (χ1n) is 8.66. The van der Waals surface area contributed by atoms with Gasteiger partial charge in [0, 0.05) is 18.1 Å². The predicted octanol–water partition coefficient (Wildman–Crippen LogP) is 2.39. The highest BCUT2D eigenvalue weighted by Crippen LogP contribution is 2.13. The van der Waals surface area contributed by atoms with E-state index < -0.39 is 0 Å². The molecule has 4 aromatic rings. The zero-order valence-corrected chi connectivity index (χ0v) is 14.7. The van der Waals surface area contributed by atoms with Gasteiger partial charge in [0.05, 0.1) is 23.1 Å². The topological polar surface area (TPSA) is 91.4 Å². The molecule has 27 heavy (non-hydrogen) atoms. The predicted molar refractivity (Wildman–Crippen MR) is 99.1 cm³/mol. The summed E-state index contributed by atoms with van der Waals surface area (Å²) < 4.78 is 8.22. The fraction of sp³-hybridized carbons (Fsp3) is 0.211. The normalized spacial score (nSPS) is 11.1. The quantitative estimate of drug-likeness (QED) is 0.399. The SMILES string of the molecule is CCCCOC(=O)c1ccc(-n2ccc3c(cnc4ncnn43)c2=O)cc1. The van der Waals surface area contributed by atoms with Crippen LogP contribution in [0.25, 0.3) is 22.4 Å². The van der Waals surface area contributed by atoms with E-state index in [1.807, 2.05) is 6.92 Å². The Balaban J connectivity index is 1.68. The number of fused-ring (bicyclic) bond motifs is 3. The van der Waals surface area contributed by atoms with Gasteiger partial charge in [0.15, 0.2) is 0 Å². The van der Waals surface area contributed by atoms with Crippen LogP contribution >= 0.6 is 0 Å². The molecule has 8 heteroatoms. The summed E-state index contributed by atoms with van der Waals surface area (Å²) >= 11 is 0. The minimum Gasteiger partial charge on any atom is -0.462 e. The maximum atomic E-state index is 12.9. The van der Waals surface area contributed by atoms with Crippen molar-refractivity contribution in [2.45, 2.75) is 19.8 Å². The van der Waals surface area contributed by atoms with Crippen LogP contribution in [0.15, 0.2) is 53.8 Å². The zero-order chi connectivity index (χ0) is 18.8. The summed E-state index contributed by atoms with van der Waals surface area (Å²) in [6.45, 7) is 2.44. The van der Waals surface area contributed by atoms with Gasteiger partial charge in [0.2, 0.25) is 0 Å². The van der Waals surface area contributed by atoms with E-state index >= 15 is 0 Å². The molecule has 0 unspecified atom stereocenters. The van der Waals surface area contributed by atoms with Gasteiger partial charge in [0.1, 0.15) is 6.33 Å². The molecule has 0 N–H and O–H groups in total. The summed E-state index contributed by atoms with van der Waals surface area (Å²) in [6, 6.07) is 8.52. The molecule has 0 amide bonds. The first-order valence-corrected chi connectivity index (χ1v) is 8.66. The maximum Gasteiger partial charge on any atom is 0.338 e. The Bertz CT molecular complexity index is 1180. The van der Waals surface area contributed by atoms with Gasteiger partial charge < -0.3 is 4.74 Å². The number of benzene rings is 1. The molecular formula is C19H17N5O3. The molecule has 0 aliphatic heterocycles. The van der Waals surface area contributed by atoms with Gasteiger partial charge in [-0.2, -0.15) is 14.6 Å². The third-order valence-electron chi connectivity index (χ3n) is 4.29. The van der Waals surface area contributed by atoms with Gasteiger partial charge in [-0.3, -0.25) is 9.36 Å². The molecule has 0 saturated carbocycles. The first kappa shape index (κ1) is 16.9. The highest BCUT2D eigenvalue weighted by Gasteiger charge is 2.11. The standard InChI is InChI=1S/C19H17N5O3/c1-2-3-10-27-18(26)13-4-6-14(7-5-13)23-9-8-16-15(17(23)25)11-20-19-21-12-22-24(16)19/h4-9,11-12H,2-3,10H2,1H3. The molecule has 8 nitrogen and oxygen atoms in total. The third kappa shape index (κ3) is 3.05. The molecule has 0 spiro atoms. The summed E-state index contributed by atoms with van der Waals surface area (Å²) in [6.07, 6.45) is 6.36. The van der Waals surface area contributed by atoms with Crippen LogP contribution in [0, 0.1) is 0 Å². The molecule has 0 saturated heterocycles. The minimum atomic E-state index is -0.362. The number of hydrogen-bond acceptors (Lipinski definition) is 6. The maximum absolute atomic E-state index is 12.9. The van der Waals surface area contributed by atoms with Crippen LogP contribution < -0.4 is 5.56 Å². The molecule has 3 heterocycles. The lowest BCUT2D eigenvalue weighted by molar-refractivity contribution is 0.0500. The molecule has 3 aromatic heterocycles. The van der Waals surface area contributed by atoms with E-state index in [4.69, 9.17) is 4.74 Å². The number of esters is 1. The van der Waals surface area contributed by atoms with Crippen LogP contribution in [0.1, 0.15) is 30.1 Å². The number of ether oxygens (including phenoxy) is 1. The minimum absolute atomic E-state index is 0.226. The fourth-order valence-corrected chi connectivity index (χ4v) is 2.82. The summed E-state index contributed by atoms with van der Waals surface area (Å²) in [5.74, 6) is 0.0734. The van der Waals surface area contributed by atoms with E-state index in [1.165, 1.54) is 21.6 Å². The van der Waals surface area contributed by atoms with Crippen molar-refractivity contribution in [2.75, 3.05) is 6.61 Å². The van der Waals surface area contributed by atoms with Gasteiger partial charge in [0.25, 0.3) is 11.3 Å². The Labute approximate surface area is 154 Å². The van der Waals surface area contributed by atoms with Crippen LogP contribution in [0.5, 0.6) is 0 Å². The number of aromatic nitrogens is 5. The van der Waals surface area contributed by atoms with Gasteiger partial charge in [-0.25, -0.2) is 9.78 Å². The smallest absolute Gasteiger partial charge is 0.338 e. The summed E-state index contributed by atoms with van der Waals surface area (Å²) in [7, 11) is 0. The van der Waals surface area contributed by atoms with Crippen LogP contribution in [-0.4, -0.2) is 36.7 Å². The van der Waals surface area contributed by atoms with E-state index in [-0.39, 0.29) is 11.5 Å². The van der Waals surface area contributed by atoms with Crippen molar-refractivity contribution in [2.24, 2.45) is 0 Å². The van der Waals surface area contributed by atoms with E-state index in [9.17, 15) is 9.59 Å². The third-order valence-corrected chi connectivity index (χ3v) is 4.29. The lowest BCUT2D eigenvalue weighted by Crippen LogP contribution is -2.19. The molecule has 0 aliphatic rings. The molecule has 0 fully saturated rings. The summed E-state index contributed by atoms with van der Waals surface area (Å²) in [5, 5.41) is 4.52. The van der Waals surface area contributed by atoms with Crippen LogP contribution in [0.2, 0.25) is 0 Å². The molecule has 136 valence electrons. The lowest BCUT2D eigenvalue weighted by atomic mass is 10.2. The second-order valence-corrected chi connectivity index (χ2v) is 6.06. The summed E-state index contributed by atoms with van der Waals surface area (Å²) in [4.78, 5) is 33.0. The molecule has 0 aliphatic carbocycles. The van der Waals surface area contributed by atoms with E-state index in [0.717, 1.165) is 12.8 Å². The number of nitrogens with zero attached hydrogens (tertiary/aromatic N) is 5. The van der Waals surface area contributed by atoms with Gasteiger partial charge in [-0.1, -0.05) is 13.3 Å². The molecule has 4 rings (SSSR count). The average Bonchev–Trinajstić information content (AvgIpc) is 3.18. The number of carbonyl (C=O) groups excluding carboxylic acids is 1. The molecule has 0 radical (unpaired) electrons.